The smallest absolute Gasteiger partial charge is 0.294 e. The van der Waals surface area contributed by atoms with Gasteiger partial charge in [0.1, 0.15) is 16.8 Å². The Bertz CT molecular complexity index is 1060. The van der Waals surface area contributed by atoms with Gasteiger partial charge in [-0.25, -0.2) is 15.5 Å². The Morgan fingerprint density at radius 2 is 1.73 bits per heavy atom. The lowest BCUT2D eigenvalue weighted by atomic mass is 10.1. The maximum atomic E-state index is 13.1. The van der Waals surface area contributed by atoms with Crippen LogP contribution < -0.4 is 11.3 Å². The number of hydrazine groups is 1. The number of rotatable bonds is 5. The van der Waals surface area contributed by atoms with Crippen molar-refractivity contribution < 1.29 is 42.2 Å². The molecule has 0 fully saturated rings. The third kappa shape index (κ3) is 5.32. The second kappa shape index (κ2) is 6.49. The maximum Gasteiger partial charge on any atom is 0.416 e. The minimum absolute atomic E-state index is 0.148. The van der Waals surface area contributed by atoms with Gasteiger partial charge in [-0.2, -0.15) is 13.2 Å². The number of carbonyl (C=O) groups excluding carboxylic acids is 2. The third-order valence-electron chi connectivity index (χ3n) is 3.46. The first kappa shape index (κ1) is 23.3. The van der Waals surface area contributed by atoms with Crippen molar-refractivity contribution in [1.82, 2.24) is 20.2 Å². The second-order valence-corrected chi connectivity index (χ2v) is 8.24. The molecular formula is C14H11F8N5O2S. The van der Waals surface area contributed by atoms with Gasteiger partial charge in [0.2, 0.25) is 0 Å². The number of amides is 1. The Morgan fingerprint density at radius 3 is 2.20 bits per heavy atom. The largest absolute Gasteiger partial charge is 0.416 e. The molecule has 0 saturated carbocycles. The highest BCUT2D eigenvalue weighted by atomic mass is 32.5. The molecule has 2 aromatic rings. The molecule has 7 nitrogen and oxygen atoms in total. The molecule has 0 unspecified atom stereocenters. The summed E-state index contributed by atoms with van der Waals surface area (Å²) in [5.74, 6) is 2.20. The van der Waals surface area contributed by atoms with Crippen molar-refractivity contribution in [2.45, 2.75) is 18.0 Å². The maximum absolute atomic E-state index is 13.1. The number of nitrogens with zero attached hydrogens (tertiary/aromatic N) is 3. The Kier molecular flexibility index (Phi) is 5.04. The summed E-state index contributed by atoms with van der Waals surface area (Å²) in [7, 11) is -10.5. The van der Waals surface area contributed by atoms with Gasteiger partial charge in [0, 0.05) is 11.8 Å². The Balaban J connectivity index is 2.66. The van der Waals surface area contributed by atoms with Crippen LogP contribution in [-0.4, -0.2) is 26.5 Å². The standard InChI is InChI=1S/C14H11F8N5O2S/c1-7(28)11(13(29)25-23)5-27-6-24-12(26-27)8-2-9(14(15,16)17)4-10(3-8)30(18,19,20,21)22/h2-6H,23H2,1H3,(H,25,29). The first-order valence-electron chi connectivity index (χ1n) is 7.43. The molecule has 0 spiro atoms. The number of Topliss-reactive ketones (excluding diaryl/α,β-unsaturated/α-hetero) is 1. The van der Waals surface area contributed by atoms with Gasteiger partial charge in [-0.3, -0.25) is 15.0 Å². The molecule has 2 rings (SSSR count). The molecular weight excluding hydrogens is 454 g/mol. The number of aromatic nitrogens is 3. The molecule has 1 heterocycles. The quantitative estimate of drug-likeness (QED) is 0.132. The summed E-state index contributed by atoms with van der Waals surface area (Å²) in [6.45, 7) is 0.965. The van der Waals surface area contributed by atoms with E-state index in [1.54, 1.807) is 5.43 Å². The van der Waals surface area contributed by atoms with E-state index in [2.05, 4.69) is 10.1 Å². The predicted octanol–water partition coefficient (Wildman–Crippen LogP) is 4.04. The first-order chi connectivity index (χ1) is 13.3. The molecule has 0 bridgehead atoms. The minimum atomic E-state index is -10.5. The van der Waals surface area contributed by atoms with Crippen LogP contribution in [0, 0.1) is 0 Å². The number of halogens is 8. The van der Waals surface area contributed by atoms with E-state index in [9.17, 15) is 42.2 Å². The third-order valence-corrected chi connectivity index (χ3v) is 4.59. The van der Waals surface area contributed by atoms with Crippen LogP contribution in [0.25, 0.3) is 17.6 Å². The molecule has 1 aromatic heterocycles. The fraction of sp³-hybridized carbons (Fsp3) is 0.143. The minimum Gasteiger partial charge on any atom is -0.294 e. The number of nitrogens with one attached hydrogen (secondary N) is 1. The number of hydrogen-bond acceptors (Lipinski definition) is 5. The van der Waals surface area contributed by atoms with Crippen LogP contribution in [-0.2, 0) is 15.8 Å². The van der Waals surface area contributed by atoms with Crippen LogP contribution in [0.1, 0.15) is 12.5 Å². The molecule has 1 amide bonds. The first-order valence-corrected chi connectivity index (χ1v) is 9.38. The number of carbonyl (C=O) groups is 2. The van der Waals surface area contributed by atoms with Crippen molar-refractivity contribution in [3.05, 3.63) is 35.7 Å². The lowest BCUT2D eigenvalue weighted by molar-refractivity contribution is -0.137. The Hall–Kier alpha value is -3.01. The fourth-order valence-electron chi connectivity index (χ4n) is 2.10. The lowest BCUT2D eigenvalue weighted by Gasteiger charge is -2.40. The molecule has 0 aliphatic heterocycles. The van der Waals surface area contributed by atoms with E-state index in [-0.39, 0.29) is 12.1 Å². The molecule has 1 aromatic carbocycles. The summed E-state index contributed by atoms with van der Waals surface area (Å²) in [6, 6.07) is -0.783. The summed E-state index contributed by atoms with van der Waals surface area (Å²) >= 11 is 0. The van der Waals surface area contributed by atoms with Crippen LogP contribution >= 0.6 is 10.2 Å². The molecule has 0 aliphatic carbocycles. The summed E-state index contributed by atoms with van der Waals surface area (Å²) in [5.41, 5.74) is -1.95. The van der Waals surface area contributed by atoms with Crippen LogP contribution in [0.2, 0.25) is 0 Å². The van der Waals surface area contributed by atoms with E-state index >= 15 is 0 Å². The van der Waals surface area contributed by atoms with Crippen molar-refractivity contribution in [3.63, 3.8) is 0 Å². The van der Waals surface area contributed by atoms with Gasteiger partial charge in [0.15, 0.2) is 11.6 Å². The SMILES string of the molecule is CC(=O)C(=Cn1cnc(-c2cc(C(F)(F)F)cc(S(F)(F)(F)(F)F)c2)n1)C(=O)NN. The van der Waals surface area contributed by atoms with Gasteiger partial charge in [-0.1, -0.05) is 19.4 Å². The van der Waals surface area contributed by atoms with Crippen molar-refractivity contribution in [3.8, 4) is 11.4 Å². The van der Waals surface area contributed by atoms with E-state index in [4.69, 9.17) is 5.84 Å². The van der Waals surface area contributed by atoms with E-state index in [1.807, 2.05) is 0 Å². The summed E-state index contributed by atoms with van der Waals surface area (Å²) in [5, 5.41) is 3.50. The number of nitrogens with two attached hydrogens (primary N) is 1. The molecule has 30 heavy (non-hydrogen) atoms. The van der Waals surface area contributed by atoms with Gasteiger partial charge >= 0.3 is 16.4 Å². The van der Waals surface area contributed by atoms with Crippen molar-refractivity contribution >= 4 is 28.1 Å². The number of hydrogen-bond donors (Lipinski definition) is 2. The van der Waals surface area contributed by atoms with E-state index in [0.717, 1.165) is 19.5 Å². The van der Waals surface area contributed by atoms with Gasteiger partial charge < -0.3 is 0 Å². The normalized spacial score (nSPS) is 15.3. The Morgan fingerprint density at radius 1 is 1.13 bits per heavy atom. The molecule has 16 heteroatoms. The van der Waals surface area contributed by atoms with E-state index < -0.39 is 61.6 Å². The van der Waals surface area contributed by atoms with Gasteiger partial charge in [0.05, 0.1) is 5.56 Å². The summed E-state index contributed by atoms with van der Waals surface area (Å²) in [6.07, 6.45) is -3.92. The molecule has 166 valence electrons. The monoisotopic (exact) mass is 465 g/mol. The fourth-order valence-corrected chi connectivity index (χ4v) is 2.80. The molecule has 0 atom stereocenters. The van der Waals surface area contributed by atoms with Crippen LogP contribution in [0.5, 0.6) is 0 Å². The summed E-state index contributed by atoms with van der Waals surface area (Å²) < 4.78 is 105. The van der Waals surface area contributed by atoms with Gasteiger partial charge in [0.25, 0.3) is 5.91 Å². The zero-order chi connectivity index (χ0) is 23.2. The van der Waals surface area contributed by atoms with Crippen LogP contribution in [0.4, 0.5) is 32.6 Å². The van der Waals surface area contributed by atoms with Gasteiger partial charge in [-0.15, -0.1) is 5.10 Å². The number of ketones is 1. The number of alkyl halides is 3. The predicted molar refractivity (Wildman–Crippen MR) is 89.1 cm³/mol. The van der Waals surface area contributed by atoms with E-state index in [0.29, 0.717) is 4.68 Å². The average Bonchev–Trinajstić information content (AvgIpc) is 3.04. The Labute approximate surface area is 162 Å². The lowest BCUT2D eigenvalue weighted by Crippen LogP contribution is -2.33. The van der Waals surface area contributed by atoms with Crippen LogP contribution in [0.15, 0.2) is 35.0 Å². The zero-order valence-electron chi connectivity index (χ0n) is 14.6. The topological polar surface area (TPSA) is 103 Å². The molecule has 0 aliphatic rings. The second-order valence-electron chi connectivity index (χ2n) is 5.83. The highest BCUT2D eigenvalue weighted by Crippen LogP contribution is 3.02. The van der Waals surface area contributed by atoms with Crippen molar-refractivity contribution in [2.24, 2.45) is 5.84 Å². The highest BCUT2D eigenvalue weighted by molar-refractivity contribution is 8.45. The molecule has 0 saturated heterocycles. The van der Waals surface area contributed by atoms with Crippen molar-refractivity contribution in [1.29, 1.82) is 0 Å². The highest BCUT2D eigenvalue weighted by Gasteiger charge is 2.66. The zero-order valence-corrected chi connectivity index (χ0v) is 15.4. The average molecular weight is 465 g/mol. The van der Waals surface area contributed by atoms with Crippen molar-refractivity contribution in [2.75, 3.05) is 0 Å². The van der Waals surface area contributed by atoms with Crippen LogP contribution in [0.3, 0.4) is 0 Å². The molecule has 3 N–H and O–H groups in total. The van der Waals surface area contributed by atoms with E-state index in [1.165, 1.54) is 0 Å². The number of benzene rings is 1. The van der Waals surface area contributed by atoms with Gasteiger partial charge in [-0.05, 0) is 25.1 Å². The summed E-state index contributed by atoms with van der Waals surface area (Å²) in [4.78, 5) is 23.6. The molecule has 0 radical (unpaired) electrons.